The van der Waals surface area contributed by atoms with Gasteiger partial charge in [0.2, 0.25) is 0 Å². The van der Waals surface area contributed by atoms with Gasteiger partial charge in [-0.15, -0.1) is 0 Å². The molecule has 7 heteroatoms. The maximum Gasteiger partial charge on any atom is 0.540 e. The lowest BCUT2D eigenvalue weighted by Gasteiger charge is -2.28. The van der Waals surface area contributed by atoms with Crippen LogP contribution in [0.5, 0.6) is 0 Å². The van der Waals surface area contributed by atoms with Crippen molar-refractivity contribution in [2.24, 2.45) is 0 Å². The Hall–Kier alpha value is -0.890. The van der Waals surface area contributed by atoms with Crippen molar-refractivity contribution in [3.05, 3.63) is 0 Å². The van der Waals surface area contributed by atoms with Gasteiger partial charge in [0.1, 0.15) is 0 Å². The molecule has 0 radical (unpaired) electrons. The van der Waals surface area contributed by atoms with Gasteiger partial charge in [0, 0.05) is 0 Å². The fraction of sp³-hybridized carbons (Fsp3) is 0.923. The summed E-state index contributed by atoms with van der Waals surface area (Å²) in [6, 6.07) is 0. The van der Waals surface area contributed by atoms with E-state index in [9.17, 15) is 4.79 Å². The number of hydrogen-bond donors (Lipinski definition) is 1. The van der Waals surface area contributed by atoms with Gasteiger partial charge < -0.3 is 5.11 Å². The Morgan fingerprint density at radius 3 is 1.80 bits per heavy atom. The average molecular weight is 290 g/mol. The molecule has 2 aliphatic rings. The standard InChI is InChI=1S/C13H22O7/c14-13(15)19-20-18-12-8-6-11(7-9-12)17-16-10-4-2-1-3-5-10/h10-12H,1-9H2,(H,14,15). The molecule has 0 unspecified atom stereocenters. The van der Waals surface area contributed by atoms with E-state index in [2.05, 4.69) is 9.93 Å². The Bertz CT molecular complexity index is 282. The van der Waals surface area contributed by atoms with Crippen LogP contribution < -0.4 is 0 Å². The number of rotatable bonds is 6. The number of carbonyl (C=O) groups is 1. The maximum absolute atomic E-state index is 10.1. The second-order valence-corrected chi connectivity index (χ2v) is 5.36. The molecule has 0 spiro atoms. The maximum atomic E-state index is 10.1. The molecule has 7 nitrogen and oxygen atoms in total. The Morgan fingerprint density at radius 2 is 1.25 bits per heavy atom. The normalized spacial score (nSPS) is 28.2. The van der Waals surface area contributed by atoms with Crippen molar-refractivity contribution >= 4 is 6.16 Å². The predicted octanol–water partition coefficient (Wildman–Crippen LogP) is 3.14. The highest BCUT2D eigenvalue weighted by atomic mass is 17.5. The van der Waals surface area contributed by atoms with Crippen molar-refractivity contribution in [2.75, 3.05) is 0 Å². The fourth-order valence-electron chi connectivity index (χ4n) is 2.65. The van der Waals surface area contributed by atoms with Crippen LogP contribution in [0.4, 0.5) is 4.79 Å². The first-order valence-corrected chi connectivity index (χ1v) is 7.29. The third-order valence-corrected chi connectivity index (χ3v) is 3.78. The van der Waals surface area contributed by atoms with Crippen LogP contribution in [0.25, 0.3) is 0 Å². The van der Waals surface area contributed by atoms with Gasteiger partial charge in [0.25, 0.3) is 0 Å². The zero-order chi connectivity index (χ0) is 14.2. The van der Waals surface area contributed by atoms with Crippen LogP contribution in [0.1, 0.15) is 57.8 Å². The van der Waals surface area contributed by atoms with E-state index in [1.54, 1.807) is 0 Å². The molecule has 0 atom stereocenters. The zero-order valence-electron chi connectivity index (χ0n) is 11.5. The summed E-state index contributed by atoms with van der Waals surface area (Å²) in [7, 11) is 0. The first-order chi connectivity index (χ1) is 9.74. The van der Waals surface area contributed by atoms with Crippen LogP contribution in [0, 0.1) is 0 Å². The van der Waals surface area contributed by atoms with E-state index < -0.39 is 6.16 Å². The topological polar surface area (TPSA) is 83.5 Å². The minimum Gasteiger partial charge on any atom is -0.448 e. The van der Waals surface area contributed by atoms with Crippen molar-refractivity contribution < 1.29 is 34.5 Å². The van der Waals surface area contributed by atoms with Crippen molar-refractivity contribution in [1.29, 1.82) is 0 Å². The zero-order valence-corrected chi connectivity index (χ0v) is 11.5. The van der Waals surface area contributed by atoms with Crippen LogP contribution >= 0.6 is 0 Å². The third kappa shape index (κ3) is 5.62. The molecule has 0 aromatic rings. The molecule has 0 saturated heterocycles. The molecule has 0 aromatic heterocycles. The Morgan fingerprint density at radius 1 is 0.750 bits per heavy atom. The highest BCUT2D eigenvalue weighted by Gasteiger charge is 2.25. The van der Waals surface area contributed by atoms with Gasteiger partial charge >= 0.3 is 6.16 Å². The monoisotopic (exact) mass is 290 g/mol. The summed E-state index contributed by atoms with van der Waals surface area (Å²) in [6.07, 6.45) is 7.57. The van der Waals surface area contributed by atoms with Gasteiger partial charge in [-0.3, -0.25) is 0 Å². The quantitative estimate of drug-likeness (QED) is 0.594. The van der Waals surface area contributed by atoms with Crippen LogP contribution in [0.15, 0.2) is 0 Å². The van der Waals surface area contributed by atoms with Gasteiger partial charge in [-0.2, -0.15) is 4.89 Å². The molecule has 0 aromatic carbocycles. The summed E-state index contributed by atoms with van der Waals surface area (Å²) in [4.78, 5) is 29.7. The molecular formula is C13H22O7. The summed E-state index contributed by atoms with van der Waals surface area (Å²) >= 11 is 0. The lowest BCUT2D eigenvalue weighted by molar-refractivity contribution is -0.503. The van der Waals surface area contributed by atoms with Gasteiger partial charge in [-0.05, 0) is 43.6 Å². The van der Waals surface area contributed by atoms with E-state index in [1.165, 1.54) is 19.3 Å². The summed E-state index contributed by atoms with van der Waals surface area (Å²) in [6.45, 7) is 0. The largest absolute Gasteiger partial charge is 0.540 e. The molecular weight excluding hydrogens is 268 g/mol. The van der Waals surface area contributed by atoms with E-state index in [-0.39, 0.29) is 18.3 Å². The van der Waals surface area contributed by atoms with Crippen LogP contribution in [-0.4, -0.2) is 29.6 Å². The van der Waals surface area contributed by atoms with Crippen LogP contribution in [0.3, 0.4) is 0 Å². The minimum absolute atomic E-state index is 0.0807. The summed E-state index contributed by atoms with van der Waals surface area (Å²) in [5.41, 5.74) is 0. The number of hydrogen-bond acceptors (Lipinski definition) is 6. The van der Waals surface area contributed by atoms with Gasteiger partial charge in [-0.25, -0.2) is 19.5 Å². The van der Waals surface area contributed by atoms with E-state index in [0.29, 0.717) is 0 Å². The second kappa shape index (κ2) is 8.41. The molecule has 2 rings (SSSR count). The summed E-state index contributed by atoms with van der Waals surface area (Å²) in [5.74, 6) is 0. The fourth-order valence-corrected chi connectivity index (χ4v) is 2.65. The van der Waals surface area contributed by atoms with Gasteiger partial charge in [0.15, 0.2) is 0 Å². The molecule has 1 N–H and O–H groups in total. The van der Waals surface area contributed by atoms with E-state index in [0.717, 1.165) is 38.5 Å². The van der Waals surface area contributed by atoms with Gasteiger partial charge in [0.05, 0.1) is 18.3 Å². The molecule has 0 aliphatic heterocycles. The van der Waals surface area contributed by atoms with Crippen LogP contribution in [0.2, 0.25) is 0 Å². The first-order valence-electron chi connectivity index (χ1n) is 7.29. The lowest BCUT2D eigenvalue weighted by Crippen LogP contribution is -2.29. The highest BCUT2D eigenvalue weighted by molar-refractivity contribution is 5.55. The summed E-state index contributed by atoms with van der Waals surface area (Å²) < 4.78 is 0. The smallest absolute Gasteiger partial charge is 0.448 e. The Labute approximate surface area is 117 Å². The SMILES string of the molecule is O=C(O)OOOC1CCC(OOC2CCCCC2)CC1. The molecule has 2 aliphatic carbocycles. The molecule has 2 fully saturated rings. The highest BCUT2D eigenvalue weighted by Crippen LogP contribution is 2.26. The molecule has 116 valence electrons. The Balaban J connectivity index is 1.53. The van der Waals surface area contributed by atoms with Crippen molar-refractivity contribution in [3.63, 3.8) is 0 Å². The van der Waals surface area contributed by atoms with E-state index in [4.69, 9.17) is 19.8 Å². The predicted molar refractivity (Wildman–Crippen MR) is 66.4 cm³/mol. The van der Waals surface area contributed by atoms with Crippen molar-refractivity contribution in [1.82, 2.24) is 0 Å². The molecule has 0 heterocycles. The minimum atomic E-state index is -1.53. The van der Waals surface area contributed by atoms with Gasteiger partial charge in [-0.1, -0.05) is 19.3 Å². The van der Waals surface area contributed by atoms with Crippen molar-refractivity contribution in [2.45, 2.75) is 76.1 Å². The third-order valence-electron chi connectivity index (χ3n) is 3.78. The molecule has 0 bridgehead atoms. The van der Waals surface area contributed by atoms with Crippen molar-refractivity contribution in [3.8, 4) is 0 Å². The van der Waals surface area contributed by atoms with E-state index >= 15 is 0 Å². The lowest BCUT2D eigenvalue weighted by atomic mass is 9.95. The molecule has 2 saturated carbocycles. The summed E-state index contributed by atoms with van der Waals surface area (Å²) in [5, 5.41) is 12.4. The Kier molecular flexibility index (Phi) is 6.52. The van der Waals surface area contributed by atoms with E-state index in [1.807, 2.05) is 0 Å². The molecule has 20 heavy (non-hydrogen) atoms. The molecule has 0 amide bonds. The average Bonchev–Trinajstić information content (AvgIpc) is 2.47. The number of carboxylic acid groups (broad SMARTS) is 1. The van der Waals surface area contributed by atoms with Crippen LogP contribution in [-0.2, 0) is 24.6 Å². The second-order valence-electron chi connectivity index (χ2n) is 5.36. The first kappa shape index (κ1) is 15.5.